The first kappa shape index (κ1) is 20.7. The van der Waals surface area contributed by atoms with Crippen LogP contribution in [0.3, 0.4) is 0 Å². The second-order valence-electron chi connectivity index (χ2n) is 4.30. The summed E-state index contributed by atoms with van der Waals surface area (Å²) >= 11 is 0. The van der Waals surface area contributed by atoms with Crippen LogP contribution in [0.15, 0.2) is 30.3 Å². The third-order valence-electron chi connectivity index (χ3n) is 2.81. The number of benzene rings is 1. The summed E-state index contributed by atoms with van der Waals surface area (Å²) in [6.45, 7) is -0.868. The molecule has 1 aromatic carbocycles. The molecular formula is C12H19ClN2O7. The normalized spacial score (nSPS) is 17.5. The fourth-order valence-electron chi connectivity index (χ4n) is 1.49. The summed E-state index contributed by atoms with van der Waals surface area (Å²) in [7, 11) is 0. The summed E-state index contributed by atoms with van der Waals surface area (Å²) in [6.07, 6.45) is -5.87. The van der Waals surface area contributed by atoms with E-state index in [1.54, 1.807) is 18.2 Å². The molecular weight excluding hydrogens is 320 g/mol. The van der Waals surface area contributed by atoms with E-state index in [-0.39, 0.29) is 18.2 Å². The van der Waals surface area contributed by atoms with Crippen LogP contribution < -0.4 is 16.4 Å². The lowest BCUT2D eigenvalue weighted by atomic mass is 9.98. The van der Waals surface area contributed by atoms with Gasteiger partial charge in [0.1, 0.15) is 24.1 Å². The molecule has 8 N–H and O–H groups in total. The molecule has 0 saturated heterocycles. The van der Waals surface area contributed by atoms with E-state index in [4.69, 9.17) is 21.5 Å². The summed E-state index contributed by atoms with van der Waals surface area (Å²) in [5.41, 5.74) is 2.87. The van der Waals surface area contributed by atoms with Crippen molar-refractivity contribution >= 4 is 18.4 Å². The Balaban J connectivity index is 0.00000441. The van der Waals surface area contributed by atoms with E-state index < -0.39 is 36.6 Å². The molecule has 0 aromatic heterocycles. The van der Waals surface area contributed by atoms with Gasteiger partial charge in [-0.2, -0.15) is 0 Å². The number of carbonyl (C=O) groups is 1. The second kappa shape index (κ2) is 8.98. The van der Waals surface area contributed by atoms with Gasteiger partial charge in [0.05, 0.1) is 6.61 Å². The topological polar surface area (TPSA) is 168 Å². The SMILES string of the molecule is Cl.NOC(N)(C(=O)Oc1ccccc1)C(O)C(O)C(O)CO. The molecule has 0 amide bonds. The predicted octanol–water partition coefficient (Wildman–Crippen LogP) is -2.37. The van der Waals surface area contributed by atoms with Gasteiger partial charge in [0.15, 0.2) is 0 Å². The Morgan fingerprint density at radius 2 is 1.77 bits per heavy atom. The number of hydrogen-bond donors (Lipinski definition) is 6. The minimum Gasteiger partial charge on any atom is -0.423 e. The molecule has 0 radical (unpaired) electrons. The van der Waals surface area contributed by atoms with Gasteiger partial charge in [-0.1, -0.05) is 18.2 Å². The quantitative estimate of drug-likeness (QED) is 0.138. The predicted molar refractivity (Wildman–Crippen MR) is 76.6 cm³/mol. The first-order valence-electron chi connectivity index (χ1n) is 5.96. The number of esters is 1. The molecule has 0 saturated carbocycles. The molecule has 0 aliphatic heterocycles. The number of nitrogens with two attached hydrogens (primary N) is 2. The van der Waals surface area contributed by atoms with E-state index in [2.05, 4.69) is 4.84 Å². The molecule has 126 valence electrons. The first-order chi connectivity index (χ1) is 9.86. The van der Waals surface area contributed by atoms with Gasteiger partial charge in [-0.15, -0.1) is 12.4 Å². The van der Waals surface area contributed by atoms with E-state index in [0.29, 0.717) is 0 Å². The maximum Gasteiger partial charge on any atom is 0.363 e. The maximum atomic E-state index is 12.0. The van der Waals surface area contributed by atoms with E-state index in [1.807, 2.05) is 0 Å². The largest absolute Gasteiger partial charge is 0.423 e. The number of aliphatic hydroxyl groups excluding tert-OH is 4. The van der Waals surface area contributed by atoms with Crippen molar-refractivity contribution in [2.45, 2.75) is 24.0 Å². The third-order valence-corrected chi connectivity index (χ3v) is 2.81. The van der Waals surface area contributed by atoms with Crippen LogP contribution in [-0.2, 0) is 9.63 Å². The fourth-order valence-corrected chi connectivity index (χ4v) is 1.49. The number of carbonyl (C=O) groups excluding carboxylic acids is 1. The van der Waals surface area contributed by atoms with Crippen LogP contribution in [0.2, 0.25) is 0 Å². The highest BCUT2D eigenvalue weighted by atomic mass is 35.5. The molecule has 9 nitrogen and oxygen atoms in total. The zero-order chi connectivity index (χ0) is 16.0. The average molecular weight is 339 g/mol. The summed E-state index contributed by atoms with van der Waals surface area (Å²) in [5, 5.41) is 37.4. The monoisotopic (exact) mass is 338 g/mol. The average Bonchev–Trinajstić information content (AvgIpc) is 2.52. The molecule has 1 rings (SSSR count). The van der Waals surface area contributed by atoms with Crippen LogP contribution in [0.5, 0.6) is 5.75 Å². The number of ether oxygens (including phenoxy) is 1. The van der Waals surface area contributed by atoms with Crippen molar-refractivity contribution in [3.63, 3.8) is 0 Å². The summed E-state index contributed by atoms with van der Waals surface area (Å²) in [6, 6.07) is 7.75. The van der Waals surface area contributed by atoms with Gasteiger partial charge in [0.2, 0.25) is 0 Å². The Morgan fingerprint density at radius 3 is 2.23 bits per heavy atom. The van der Waals surface area contributed by atoms with Crippen molar-refractivity contribution in [3.8, 4) is 5.75 Å². The Labute approximate surface area is 132 Å². The van der Waals surface area contributed by atoms with Crippen molar-refractivity contribution in [2.75, 3.05) is 6.61 Å². The van der Waals surface area contributed by atoms with Crippen LogP contribution in [-0.4, -0.2) is 57.0 Å². The Bertz CT molecular complexity index is 464. The van der Waals surface area contributed by atoms with Gasteiger partial charge >= 0.3 is 5.97 Å². The molecule has 4 unspecified atom stereocenters. The molecule has 0 aliphatic carbocycles. The van der Waals surface area contributed by atoms with Crippen molar-refractivity contribution in [1.29, 1.82) is 0 Å². The zero-order valence-electron chi connectivity index (χ0n) is 11.4. The van der Waals surface area contributed by atoms with Gasteiger partial charge in [-0.05, 0) is 12.1 Å². The van der Waals surface area contributed by atoms with Crippen LogP contribution in [0.4, 0.5) is 0 Å². The number of rotatable bonds is 7. The molecule has 0 fully saturated rings. The number of para-hydroxylation sites is 1. The molecule has 0 aliphatic rings. The standard InChI is InChI=1S/C12H18N2O7.ClH/c13-12(21-14,10(18)9(17)8(16)6-15)11(19)20-7-4-2-1-3-5-7;/h1-5,8-10,15-18H,6,13-14H2;1H. The third kappa shape index (κ3) is 4.60. The molecule has 10 heteroatoms. The van der Waals surface area contributed by atoms with Crippen molar-refractivity contribution in [2.24, 2.45) is 11.6 Å². The zero-order valence-corrected chi connectivity index (χ0v) is 12.2. The highest BCUT2D eigenvalue weighted by molar-refractivity contribution is 5.85. The van der Waals surface area contributed by atoms with E-state index >= 15 is 0 Å². The number of aliphatic hydroxyl groups is 4. The molecule has 0 heterocycles. The first-order valence-corrected chi connectivity index (χ1v) is 5.96. The minimum absolute atomic E-state index is 0. The maximum absolute atomic E-state index is 12.0. The van der Waals surface area contributed by atoms with Crippen LogP contribution in [0.25, 0.3) is 0 Å². The van der Waals surface area contributed by atoms with Gasteiger partial charge < -0.3 is 25.2 Å². The number of hydrogen-bond acceptors (Lipinski definition) is 9. The smallest absolute Gasteiger partial charge is 0.363 e. The summed E-state index contributed by atoms with van der Waals surface area (Å²) in [5.74, 6) is 3.73. The van der Waals surface area contributed by atoms with Gasteiger partial charge in [0, 0.05) is 0 Å². The van der Waals surface area contributed by atoms with Gasteiger partial charge in [-0.25, -0.2) is 10.7 Å². The summed E-state index contributed by atoms with van der Waals surface area (Å²) < 4.78 is 4.87. The Hall–Kier alpha value is -1.30. The van der Waals surface area contributed by atoms with Crippen LogP contribution in [0.1, 0.15) is 0 Å². The van der Waals surface area contributed by atoms with Crippen LogP contribution in [0, 0.1) is 0 Å². The molecule has 0 bridgehead atoms. The molecule has 0 spiro atoms. The molecule has 4 atom stereocenters. The van der Waals surface area contributed by atoms with Crippen LogP contribution >= 0.6 is 12.4 Å². The summed E-state index contributed by atoms with van der Waals surface area (Å²) in [4.78, 5) is 16.2. The lowest BCUT2D eigenvalue weighted by molar-refractivity contribution is -0.202. The highest BCUT2D eigenvalue weighted by Gasteiger charge is 2.50. The fraction of sp³-hybridized carbons (Fsp3) is 0.417. The van der Waals surface area contributed by atoms with Crippen molar-refractivity contribution < 1.29 is 34.8 Å². The number of halogens is 1. The van der Waals surface area contributed by atoms with Crippen molar-refractivity contribution in [1.82, 2.24) is 0 Å². The molecule has 1 aromatic rings. The van der Waals surface area contributed by atoms with Gasteiger partial charge in [-0.3, -0.25) is 10.6 Å². The van der Waals surface area contributed by atoms with Gasteiger partial charge in [0.25, 0.3) is 5.72 Å². The van der Waals surface area contributed by atoms with Crippen molar-refractivity contribution in [3.05, 3.63) is 30.3 Å². The molecule has 22 heavy (non-hydrogen) atoms. The van der Waals surface area contributed by atoms with E-state index in [9.17, 15) is 20.1 Å². The van der Waals surface area contributed by atoms with E-state index in [0.717, 1.165) is 0 Å². The second-order valence-corrected chi connectivity index (χ2v) is 4.30. The highest BCUT2D eigenvalue weighted by Crippen LogP contribution is 2.18. The Kier molecular flexibility index (Phi) is 8.45. The van der Waals surface area contributed by atoms with E-state index in [1.165, 1.54) is 12.1 Å². The Morgan fingerprint density at radius 1 is 1.23 bits per heavy atom. The lowest BCUT2D eigenvalue weighted by Gasteiger charge is -2.33. The lowest BCUT2D eigenvalue weighted by Crippen LogP contribution is -2.67. The minimum atomic E-state index is -2.63.